The van der Waals surface area contributed by atoms with Crippen LogP contribution in [-0.4, -0.2) is 57.7 Å². The van der Waals surface area contributed by atoms with Crippen LogP contribution in [0.1, 0.15) is 6.92 Å². The summed E-state index contributed by atoms with van der Waals surface area (Å²) in [7, 11) is -2.54. The normalized spacial score (nSPS) is 13.0. The van der Waals surface area contributed by atoms with Crippen molar-refractivity contribution in [3.63, 3.8) is 0 Å². The van der Waals surface area contributed by atoms with Crippen LogP contribution >= 0.6 is 23.8 Å². The van der Waals surface area contributed by atoms with E-state index < -0.39 is 28.9 Å². The third kappa shape index (κ3) is 5.94. The van der Waals surface area contributed by atoms with E-state index in [0.29, 0.717) is 0 Å². The molecule has 13 heteroatoms. The molecule has 0 radical (unpaired) electrons. The Labute approximate surface area is 125 Å². The van der Waals surface area contributed by atoms with Gasteiger partial charge in [0.2, 0.25) is 0 Å². The second kappa shape index (κ2) is 10.4. The Morgan fingerprint density at radius 3 is 1.14 bits per heavy atom. The Hall–Kier alpha value is 0.570. The molecule has 0 aromatic heterocycles. The van der Waals surface area contributed by atoms with Gasteiger partial charge in [-0.2, -0.15) is 0 Å². The molecule has 0 bridgehead atoms. The monoisotopic (exact) mass is 372 g/mol. The molecule has 0 unspecified atom stereocenters. The zero-order valence-corrected chi connectivity index (χ0v) is 15.7. The number of aliphatic hydroxyl groups is 1. The predicted octanol–water partition coefficient (Wildman–Crippen LogP) is 2.12. The Morgan fingerprint density at radius 2 is 1.05 bits per heavy atom. The summed E-state index contributed by atoms with van der Waals surface area (Å²) in [6.45, 7) is 1.01. The third-order valence-electron chi connectivity index (χ3n) is 2.31. The zero-order chi connectivity index (χ0) is 17.3. The quantitative estimate of drug-likeness (QED) is 0.611. The molecular formula is C8H23O10P3. The molecule has 0 atom stereocenters. The van der Waals surface area contributed by atoms with Crippen LogP contribution in [0.3, 0.4) is 0 Å². The maximum atomic E-state index is 11.9. The minimum atomic E-state index is -4.00. The summed E-state index contributed by atoms with van der Waals surface area (Å²) in [6.07, 6.45) is 0. The molecule has 0 rings (SSSR count). The van der Waals surface area contributed by atoms with Crippen molar-refractivity contribution in [1.82, 2.24) is 0 Å². The molecule has 0 amide bonds. The standard InChI is InChI=1S/C6H16O7P2.C2H7O3P/c1-6(7,14(8,10-2)11-3)15(9,12-4)13-5;1-4-6(3)5-2/h7H,1-5H3;3H,1-2H3. The first kappa shape index (κ1) is 23.8. The maximum Gasteiger partial charge on any atom is 0.373 e. The summed E-state index contributed by atoms with van der Waals surface area (Å²) >= 11 is 0. The number of hydrogen-bond donors (Lipinski definition) is 2. The van der Waals surface area contributed by atoms with E-state index in [1.807, 2.05) is 0 Å². The van der Waals surface area contributed by atoms with Gasteiger partial charge in [-0.1, -0.05) is 0 Å². The van der Waals surface area contributed by atoms with E-state index >= 15 is 0 Å². The van der Waals surface area contributed by atoms with Crippen LogP contribution in [0.25, 0.3) is 0 Å². The second-order valence-electron chi connectivity index (χ2n) is 3.30. The molecule has 0 aliphatic heterocycles. The molecule has 130 valence electrons. The van der Waals surface area contributed by atoms with Gasteiger partial charge in [0.25, 0.3) is 5.08 Å². The SMILES string of the molecule is COP(=O)(OC)C(C)(O)P(=O)(OC)OC.COP(O)OC. The molecule has 10 nitrogen and oxygen atoms in total. The molecule has 0 saturated carbocycles. The first-order valence-corrected chi connectivity index (χ1v) is 9.50. The summed E-state index contributed by atoms with van der Waals surface area (Å²) in [6, 6.07) is 0. The zero-order valence-electron chi connectivity index (χ0n) is 13.0. The molecule has 0 aliphatic carbocycles. The molecule has 2 N–H and O–H groups in total. The molecule has 0 aromatic carbocycles. The Balaban J connectivity index is 0. The van der Waals surface area contributed by atoms with Crippen LogP contribution < -0.4 is 0 Å². The molecular weight excluding hydrogens is 349 g/mol. The fraction of sp³-hybridized carbons (Fsp3) is 1.00. The smallest absolute Gasteiger partial charge is 0.368 e. The molecule has 0 heterocycles. The topological polar surface area (TPSA) is 130 Å². The molecule has 0 aromatic rings. The lowest BCUT2D eigenvalue weighted by molar-refractivity contribution is 0.116. The van der Waals surface area contributed by atoms with E-state index in [0.717, 1.165) is 35.4 Å². The largest absolute Gasteiger partial charge is 0.373 e. The van der Waals surface area contributed by atoms with Crippen molar-refractivity contribution in [2.45, 2.75) is 12.0 Å². The van der Waals surface area contributed by atoms with Crippen molar-refractivity contribution in [2.24, 2.45) is 0 Å². The fourth-order valence-corrected chi connectivity index (χ4v) is 5.08. The first-order valence-electron chi connectivity index (χ1n) is 5.28. The lowest BCUT2D eigenvalue weighted by Gasteiger charge is -2.33. The second-order valence-corrected chi connectivity index (χ2v) is 10.0. The minimum Gasteiger partial charge on any atom is -0.368 e. The third-order valence-corrected chi connectivity index (χ3v) is 8.40. The van der Waals surface area contributed by atoms with E-state index in [2.05, 4.69) is 27.1 Å². The van der Waals surface area contributed by atoms with Crippen molar-refractivity contribution in [3.8, 4) is 0 Å². The summed E-state index contributed by atoms with van der Waals surface area (Å²) in [4.78, 5) is 8.29. The highest BCUT2D eigenvalue weighted by molar-refractivity contribution is 7.73. The van der Waals surface area contributed by atoms with E-state index in [9.17, 15) is 14.2 Å². The van der Waals surface area contributed by atoms with Crippen LogP contribution in [-0.2, 0) is 36.3 Å². The first-order chi connectivity index (χ1) is 9.55. The molecule has 0 spiro atoms. The van der Waals surface area contributed by atoms with Crippen LogP contribution in [0.5, 0.6) is 0 Å². The van der Waals surface area contributed by atoms with Crippen molar-refractivity contribution in [3.05, 3.63) is 0 Å². The van der Waals surface area contributed by atoms with E-state index in [4.69, 9.17) is 4.89 Å². The van der Waals surface area contributed by atoms with E-state index in [-0.39, 0.29) is 0 Å². The average molecular weight is 372 g/mol. The highest BCUT2D eigenvalue weighted by Gasteiger charge is 2.60. The number of rotatable bonds is 8. The van der Waals surface area contributed by atoms with Gasteiger partial charge in [0.15, 0.2) is 0 Å². The summed E-state index contributed by atoms with van der Waals surface area (Å²) in [5.74, 6) is 0. The van der Waals surface area contributed by atoms with Gasteiger partial charge in [-0.05, 0) is 6.92 Å². The van der Waals surface area contributed by atoms with E-state index in [1.54, 1.807) is 0 Å². The van der Waals surface area contributed by atoms with Crippen LogP contribution in [0.4, 0.5) is 0 Å². The maximum absolute atomic E-state index is 11.9. The van der Waals surface area contributed by atoms with Gasteiger partial charge < -0.3 is 37.1 Å². The highest BCUT2D eigenvalue weighted by atomic mass is 31.2. The van der Waals surface area contributed by atoms with Gasteiger partial charge in [0.1, 0.15) is 0 Å². The van der Waals surface area contributed by atoms with Gasteiger partial charge in [0, 0.05) is 42.7 Å². The highest BCUT2D eigenvalue weighted by Crippen LogP contribution is 2.75. The van der Waals surface area contributed by atoms with Crippen molar-refractivity contribution in [2.75, 3.05) is 42.7 Å². The molecule has 0 aliphatic rings. The van der Waals surface area contributed by atoms with Crippen molar-refractivity contribution >= 4 is 23.8 Å². The van der Waals surface area contributed by atoms with Gasteiger partial charge in [-0.25, -0.2) is 0 Å². The van der Waals surface area contributed by atoms with Gasteiger partial charge >= 0.3 is 23.8 Å². The predicted molar refractivity (Wildman–Crippen MR) is 77.0 cm³/mol. The molecule has 21 heavy (non-hydrogen) atoms. The summed E-state index contributed by atoms with van der Waals surface area (Å²) in [5, 5.41) is 7.56. The Kier molecular flexibility index (Phi) is 11.8. The van der Waals surface area contributed by atoms with Gasteiger partial charge in [-0.15, -0.1) is 0 Å². The Morgan fingerprint density at radius 1 is 0.810 bits per heavy atom. The van der Waals surface area contributed by atoms with Crippen molar-refractivity contribution < 1.29 is 46.3 Å². The van der Waals surface area contributed by atoms with Crippen LogP contribution in [0, 0.1) is 0 Å². The number of hydrogen-bond acceptors (Lipinski definition) is 10. The van der Waals surface area contributed by atoms with Crippen LogP contribution in [0.15, 0.2) is 0 Å². The molecule has 0 fully saturated rings. The Bertz CT molecular complexity index is 325. The van der Waals surface area contributed by atoms with Crippen LogP contribution in [0.2, 0.25) is 0 Å². The average Bonchev–Trinajstić information content (AvgIpc) is 2.52. The lowest BCUT2D eigenvalue weighted by atomic mass is 10.9. The van der Waals surface area contributed by atoms with E-state index in [1.165, 1.54) is 14.2 Å². The summed E-state index contributed by atoms with van der Waals surface area (Å²) < 4.78 is 50.6. The minimum absolute atomic E-state index is 1.01. The summed E-state index contributed by atoms with van der Waals surface area (Å²) in [5.41, 5.74) is 0. The lowest BCUT2D eigenvalue weighted by Crippen LogP contribution is -2.27. The molecule has 0 saturated heterocycles. The van der Waals surface area contributed by atoms with Crippen molar-refractivity contribution in [1.29, 1.82) is 0 Å². The fourth-order valence-electron chi connectivity index (χ4n) is 1.07. The van der Waals surface area contributed by atoms with Gasteiger partial charge in [-0.3, -0.25) is 9.13 Å². The van der Waals surface area contributed by atoms with Gasteiger partial charge in [0.05, 0.1) is 0 Å².